The molecule has 1 atom stereocenters. The lowest BCUT2D eigenvalue weighted by molar-refractivity contribution is -0.131. The van der Waals surface area contributed by atoms with Gasteiger partial charge in [0.2, 0.25) is 5.91 Å². The molecular weight excluding hydrogens is 368 g/mol. The average Bonchev–Trinajstić information content (AvgIpc) is 3.22. The quantitative estimate of drug-likeness (QED) is 0.813. The Morgan fingerprint density at radius 1 is 1.07 bits per heavy atom. The molecule has 1 N–H and O–H groups in total. The number of nitrogens with one attached hydrogen (secondary N) is 1. The summed E-state index contributed by atoms with van der Waals surface area (Å²) in [5.41, 5.74) is 3.71. The summed E-state index contributed by atoms with van der Waals surface area (Å²) in [5, 5.41) is 2.76. The summed E-state index contributed by atoms with van der Waals surface area (Å²) in [7, 11) is 3.22. The van der Waals surface area contributed by atoms with Crippen molar-refractivity contribution in [3.05, 3.63) is 58.7 Å². The summed E-state index contributed by atoms with van der Waals surface area (Å²) in [6, 6.07) is 11.1. The molecule has 1 heterocycles. The number of carbonyl (C=O) groups is 2. The van der Waals surface area contributed by atoms with Gasteiger partial charge in [0.25, 0.3) is 5.91 Å². The van der Waals surface area contributed by atoms with E-state index in [0.29, 0.717) is 23.6 Å². The fourth-order valence-corrected chi connectivity index (χ4v) is 3.72. The second kappa shape index (κ2) is 8.99. The minimum absolute atomic E-state index is 0.0271. The molecule has 0 saturated carbocycles. The normalized spacial score (nSPS) is 15.9. The van der Waals surface area contributed by atoms with E-state index in [9.17, 15) is 9.59 Å². The third kappa shape index (κ3) is 4.53. The predicted molar refractivity (Wildman–Crippen MR) is 111 cm³/mol. The molecule has 6 heteroatoms. The molecule has 6 nitrogen and oxygen atoms in total. The molecular formula is C23H28N2O4. The van der Waals surface area contributed by atoms with Crippen LogP contribution in [0.4, 0.5) is 0 Å². The van der Waals surface area contributed by atoms with E-state index in [2.05, 4.69) is 5.32 Å². The van der Waals surface area contributed by atoms with Crippen molar-refractivity contribution in [2.75, 3.05) is 27.3 Å². The van der Waals surface area contributed by atoms with E-state index in [1.807, 2.05) is 49.1 Å². The topological polar surface area (TPSA) is 67.9 Å². The Bertz CT molecular complexity index is 910. The van der Waals surface area contributed by atoms with Crippen molar-refractivity contribution in [2.45, 2.75) is 32.7 Å². The van der Waals surface area contributed by atoms with Crippen LogP contribution in [0, 0.1) is 13.8 Å². The Hall–Kier alpha value is -3.02. The molecule has 1 aliphatic heterocycles. The first-order chi connectivity index (χ1) is 13.9. The van der Waals surface area contributed by atoms with E-state index in [1.165, 1.54) is 0 Å². The summed E-state index contributed by atoms with van der Waals surface area (Å²) < 4.78 is 10.8. The maximum atomic E-state index is 12.9. The molecule has 3 rings (SSSR count). The lowest BCUT2D eigenvalue weighted by Crippen LogP contribution is -2.40. The minimum atomic E-state index is -0.237. The van der Waals surface area contributed by atoms with E-state index in [4.69, 9.17) is 9.47 Å². The van der Waals surface area contributed by atoms with Crippen LogP contribution in [-0.2, 0) is 4.79 Å². The number of aryl methyl sites for hydroxylation is 2. The standard InChI is InChI=1S/C23H28N2O4/c1-15-7-8-17(12-16(15)2)23(27)24-14-22(26)25-11-5-6-20(25)19-10-9-18(28-3)13-21(19)29-4/h7-10,12-13,20H,5-6,11,14H2,1-4H3,(H,24,27)/t20-/m1/s1. The minimum Gasteiger partial charge on any atom is -0.497 e. The van der Waals surface area contributed by atoms with Crippen molar-refractivity contribution in [1.29, 1.82) is 0 Å². The Labute approximate surface area is 171 Å². The fraction of sp³-hybridized carbons (Fsp3) is 0.391. The molecule has 1 fully saturated rings. The molecule has 1 aliphatic rings. The Balaban J connectivity index is 1.68. The molecule has 0 unspecified atom stereocenters. The number of likely N-dealkylation sites (tertiary alicyclic amines) is 1. The van der Waals surface area contributed by atoms with Gasteiger partial charge < -0.3 is 19.7 Å². The highest BCUT2D eigenvalue weighted by molar-refractivity contribution is 5.96. The first-order valence-electron chi connectivity index (χ1n) is 9.81. The van der Waals surface area contributed by atoms with Gasteiger partial charge in [0.05, 0.1) is 26.8 Å². The number of nitrogens with zero attached hydrogens (tertiary/aromatic N) is 1. The van der Waals surface area contributed by atoms with Crippen LogP contribution in [0.25, 0.3) is 0 Å². The second-order valence-electron chi connectivity index (χ2n) is 7.33. The van der Waals surface area contributed by atoms with Crippen LogP contribution in [0.3, 0.4) is 0 Å². The van der Waals surface area contributed by atoms with Crippen molar-refractivity contribution in [3.63, 3.8) is 0 Å². The number of carbonyl (C=O) groups excluding carboxylic acids is 2. The molecule has 0 radical (unpaired) electrons. The molecule has 0 aliphatic carbocycles. The lowest BCUT2D eigenvalue weighted by atomic mass is 10.0. The second-order valence-corrected chi connectivity index (χ2v) is 7.33. The molecule has 0 spiro atoms. The highest BCUT2D eigenvalue weighted by Gasteiger charge is 2.32. The van der Waals surface area contributed by atoms with Gasteiger partial charge >= 0.3 is 0 Å². The number of ether oxygens (including phenoxy) is 2. The van der Waals surface area contributed by atoms with Crippen LogP contribution in [0.5, 0.6) is 11.5 Å². The van der Waals surface area contributed by atoms with Gasteiger partial charge in [-0.2, -0.15) is 0 Å². The van der Waals surface area contributed by atoms with E-state index in [0.717, 1.165) is 29.5 Å². The highest BCUT2D eigenvalue weighted by atomic mass is 16.5. The van der Waals surface area contributed by atoms with Crippen LogP contribution < -0.4 is 14.8 Å². The van der Waals surface area contributed by atoms with Gasteiger partial charge in [-0.05, 0) is 62.1 Å². The summed E-state index contributed by atoms with van der Waals surface area (Å²) >= 11 is 0. The lowest BCUT2D eigenvalue weighted by Gasteiger charge is -2.26. The molecule has 1 saturated heterocycles. The maximum absolute atomic E-state index is 12.9. The van der Waals surface area contributed by atoms with Gasteiger partial charge in [-0.25, -0.2) is 0 Å². The number of hydrogen-bond acceptors (Lipinski definition) is 4. The maximum Gasteiger partial charge on any atom is 0.251 e. The van der Waals surface area contributed by atoms with Crippen LogP contribution in [0.2, 0.25) is 0 Å². The van der Waals surface area contributed by atoms with Gasteiger partial charge in [-0.3, -0.25) is 9.59 Å². The highest BCUT2D eigenvalue weighted by Crippen LogP contribution is 2.38. The Morgan fingerprint density at radius 3 is 2.55 bits per heavy atom. The largest absolute Gasteiger partial charge is 0.497 e. The third-order valence-corrected chi connectivity index (χ3v) is 5.54. The number of hydrogen-bond donors (Lipinski definition) is 1. The smallest absolute Gasteiger partial charge is 0.251 e. The zero-order valence-corrected chi connectivity index (χ0v) is 17.5. The zero-order chi connectivity index (χ0) is 21.0. The first-order valence-corrected chi connectivity index (χ1v) is 9.81. The van der Waals surface area contributed by atoms with Crippen molar-refractivity contribution < 1.29 is 19.1 Å². The summed E-state index contributed by atoms with van der Waals surface area (Å²) in [6.45, 7) is 4.61. The van der Waals surface area contributed by atoms with Crippen LogP contribution in [0.15, 0.2) is 36.4 Å². The number of rotatable bonds is 6. The molecule has 2 aromatic carbocycles. The van der Waals surface area contributed by atoms with Gasteiger partial charge in [0, 0.05) is 23.7 Å². The number of amides is 2. The van der Waals surface area contributed by atoms with Gasteiger partial charge in [-0.15, -0.1) is 0 Å². The number of benzene rings is 2. The third-order valence-electron chi connectivity index (χ3n) is 5.54. The van der Waals surface area contributed by atoms with Crippen LogP contribution in [-0.4, -0.2) is 44.0 Å². The first kappa shape index (κ1) is 20.7. The Morgan fingerprint density at radius 2 is 1.86 bits per heavy atom. The zero-order valence-electron chi connectivity index (χ0n) is 17.5. The van der Waals surface area contributed by atoms with Crippen LogP contribution in [0.1, 0.15) is 45.9 Å². The van der Waals surface area contributed by atoms with Crippen molar-refractivity contribution >= 4 is 11.8 Å². The van der Waals surface area contributed by atoms with Gasteiger partial charge in [-0.1, -0.05) is 6.07 Å². The molecule has 154 valence electrons. The van der Waals surface area contributed by atoms with Gasteiger partial charge in [0.15, 0.2) is 0 Å². The fourth-order valence-electron chi connectivity index (χ4n) is 3.72. The van der Waals surface area contributed by atoms with E-state index >= 15 is 0 Å². The molecule has 0 aromatic heterocycles. The predicted octanol–water partition coefficient (Wildman–Crippen LogP) is 3.41. The molecule has 2 amide bonds. The van der Waals surface area contributed by atoms with Crippen LogP contribution >= 0.6 is 0 Å². The Kier molecular flexibility index (Phi) is 6.42. The molecule has 29 heavy (non-hydrogen) atoms. The molecule has 0 bridgehead atoms. The van der Waals surface area contributed by atoms with E-state index in [1.54, 1.807) is 20.3 Å². The SMILES string of the molecule is COc1ccc([C@H]2CCCN2C(=O)CNC(=O)c2ccc(C)c(C)c2)c(OC)c1. The van der Waals surface area contributed by atoms with E-state index in [-0.39, 0.29) is 24.4 Å². The average molecular weight is 396 g/mol. The summed E-state index contributed by atoms with van der Waals surface area (Å²) in [6.07, 6.45) is 1.77. The monoisotopic (exact) mass is 396 g/mol. The van der Waals surface area contributed by atoms with Crippen molar-refractivity contribution in [1.82, 2.24) is 10.2 Å². The van der Waals surface area contributed by atoms with Gasteiger partial charge in [0.1, 0.15) is 11.5 Å². The summed E-state index contributed by atoms with van der Waals surface area (Å²) in [4.78, 5) is 27.1. The van der Waals surface area contributed by atoms with Crippen molar-refractivity contribution in [3.8, 4) is 11.5 Å². The number of methoxy groups -OCH3 is 2. The van der Waals surface area contributed by atoms with E-state index < -0.39 is 0 Å². The molecule has 2 aromatic rings. The summed E-state index contributed by atoms with van der Waals surface area (Å²) in [5.74, 6) is 1.08. The van der Waals surface area contributed by atoms with Crippen molar-refractivity contribution in [2.24, 2.45) is 0 Å².